The van der Waals surface area contributed by atoms with E-state index in [0.717, 1.165) is 0 Å². The van der Waals surface area contributed by atoms with Crippen molar-refractivity contribution in [2.45, 2.75) is 0 Å². The van der Waals surface area contributed by atoms with E-state index in [1.807, 2.05) is 0 Å². The maximum absolute atomic E-state index is 3.78. The molecule has 6 heteroatoms. The van der Waals surface area contributed by atoms with Crippen molar-refractivity contribution in [3.8, 4) is 0 Å². The molecule has 0 aromatic heterocycles. The molecule has 0 aromatic carbocycles. The van der Waals surface area contributed by atoms with Crippen molar-refractivity contribution < 1.29 is 0 Å². The van der Waals surface area contributed by atoms with E-state index in [9.17, 15) is 0 Å². The molecule has 8 heavy (non-hydrogen) atoms. The standard InChI is InChI=1S/C2Ge2N4/c1-5-3-7-2-8-4-6-1. The van der Waals surface area contributed by atoms with Crippen molar-refractivity contribution in [3.05, 3.63) is 0 Å². The fourth-order valence-electron chi connectivity index (χ4n) is 0.189. The summed E-state index contributed by atoms with van der Waals surface area (Å²) in [5, 5.41) is 0. The van der Waals surface area contributed by atoms with Crippen LogP contribution in [0.25, 0.3) is 0 Å². The molecule has 0 fully saturated rings. The molecule has 1 aliphatic rings. The van der Waals surface area contributed by atoms with Gasteiger partial charge >= 0.3 is 59.6 Å². The van der Waals surface area contributed by atoms with Gasteiger partial charge in [-0.2, -0.15) is 0 Å². The fourth-order valence-corrected chi connectivity index (χ4v) is 2.07. The zero-order chi connectivity index (χ0) is 5.66. The van der Waals surface area contributed by atoms with Crippen LogP contribution in [-0.2, 0) is 0 Å². The molecule has 0 N–H and O–H groups in total. The van der Waals surface area contributed by atoms with Crippen LogP contribution in [0.2, 0.25) is 0 Å². The van der Waals surface area contributed by atoms with E-state index in [0.29, 0.717) is 0 Å². The van der Waals surface area contributed by atoms with Gasteiger partial charge in [-0.05, 0) is 0 Å². The molecule has 1 aliphatic heterocycles. The van der Waals surface area contributed by atoms with Gasteiger partial charge in [0.2, 0.25) is 0 Å². The van der Waals surface area contributed by atoms with Crippen LogP contribution in [-0.4, -0.2) is 43.8 Å². The molecule has 0 amide bonds. The first-order chi connectivity index (χ1) is 4.00. The summed E-state index contributed by atoms with van der Waals surface area (Å²) in [6, 6.07) is 5.04. The summed E-state index contributed by atoms with van der Waals surface area (Å²) in [6.45, 7) is 0. The Balaban J connectivity index is 2.67. The first kappa shape index (κ1) is 5.97. The Bertz CT molecular complexity index is 150. The molecule has 0 aromatic rings. The van der Waals surface area contributed by atoms with Gasteiger partial charge in [0.05, 0.1) is 0 Å². The molecule has 0 saturated carbocycles. The molecule has 4 radical (unpaired) electrons. The Morgan fingerprint density at radius 3 is 1.50 bits per heavy atom. The van der Waals surface area contributed by atoms with Crippen LogP contribution < -0.4 is 0 Å². The second kappa shape index (κ2) is 3.80. The number of nitrogens with zero attached hydrogens (tertiary/aromatic N) is 4. The van der Waals surface area contributed by atoms with Crippen LogP contribution in [0.3, 0.4) is 0 Å². The molecule has 36 valence electrons. The summed E-state index contributed by atoms with van der Waals surface area (Å²) in [5.41, 5.74) is 0. The van der Waals surface area contributed by atoms with Gasteiger partial charge in [0.25, 0.3) is 0 Å². The zero-order valence-corrected chi connectivity index (χ0v) is 7.99. The van der Waals surface area contributed by atoms with Crippen molar-refractivity contribution in [1.82, 2.24) is 0 Å². The van der Waals surface area contributed by atoms with Gasteiger partial charge in [0.1, 0.15) is 0 Å². The monoisotopic (exact) mass is 228 g/mol. The topological polar surface area (TPSA) is 49.4 Å². The number of rotatable bonds is 0. The van der Waals surface area contributed by atoms with E-state index in [4.69, 9.17) is 0 Å². The van der Waals surface area contributed by atoms with Gasteiger partial charge in [-0.15, -0.1) is 0 Å². The number of hydrogen-bond donors (Lipinski definition) is 0. The fraction of sp³-hybridized carbons (Fsp3) is 0. The van der Waals surface area contributed by atoms with Crippen molar-refractivity contribution in [2.75, 3.05) is 0 Å². The predicted molar refractivity (Wildman–Crippen MR) is 31.2 cm³/mol. The van der Waals surface area contributed by atoms with Gasteiger partial charge in [-0.1, -0.05) is 0 Å². The van der Waals surface area contributed by atoms with Gasteiger partial charge in [0.15, 0.2) is 0 Å². The Morgan fingerprint density at radius 1 is 0.750 bits per heavy atom. The summed E-state index contributed by atoms with van der Waals surface area (Å²) < 4.78 is 15.1. The Kier molecular flexibility index (Phi) is 2.84. The van der Waals surface area contributed by atoms with E-state index in [-0.39, 0.29) is 0 Å². The van der Waals surface area contributed by atoms with E-state index >= 15 is 0 Å². The average molecular weight is 225 g/mol. The Morgan fingerprint density at radius 2 is 1.12 bits per heavy atom. The van der Waals surface area contributed by atoms with Gasteiger partial charge < -0.3 is 0 Å². The second-order valence-electron chi connectivity index (χ2n) is 0.847. The molecule has 0 aliphatic carbocycles. The third kappa shape index (κ3) is 2.23. The van der Waals surface area contributed by atoms with Crippen molar-refractivity contribution in [3.63, 3.8) is 0 Å². The SMILES string of the molecule is C1=[N][Ge][N]=C=[N][Ge][N]=1. The average Bonchev–Trinajstić information content (AvgIpc) is 1.62. The normalized spacial score (nSPS) is 16.0. The molecule has 0 unspecified atom stereocenters. The summed E-state index contributed by atoms with van der Waals surface area (Å²) in [5.74, 6) is 0. The van der Waals surface area contributed by atoms with E-state index in [1.165, 1.54) is 0 Å². The molecular formula is C2Ge2N4. The molecule has 0 saturated heterocycles. The third-order valence-electron chi connectivity index (χ3n) is 0.400. The van der Waals surface area contributed by atoms with E-state index in [2.05, 4.69) is 27.8 Å². The molecule has 1 rings (SSSR count). The zero-order valence-electron chi connectivity index (χ0n) is 3.79. The van der Waals surface area contributed by atoms with Crippen molar-refractivity contribution >= 4 is 43.8 Å². The quantitative estimate of drug-likeness (QED) is 0.495. The number of hydrogen-bond acceptors (Lipinski definition) is 4. The van der Waals surface area contributed by atoms with Crippen LogP contribution in [0.15, 0.2) is 15.8 Å². The minimum absolute atomic E-state index is 0.583. The summed E-state index contributed by atoms with van der Waals surface area (Å²) >= 11 is -1.17. The molecule has 4 nitrogen and oxygen atoms in total. The van der Waals surface area contributed by atoms with Crippen LogP contribution in [0.5, 0.6) is 0 Å². The van der Waals surface area contributed by atoms with Crippen LogP contribution >= 0.6 is 0 Å². The van der Waals surface area contributed by atoms with Gasteiger partial charge in [-0.25, -0.2) is 0 Å². The molecule has 0 atom stereocenters. The Hall–Kier alpha value is -0.154. The minimum atomic E-state index is -0.583. The second-order valence-corrected chi connectivity index (χ2v) is 3.56. The predicted octanol–water partition coefficient (Wildman–Crippen LogP) is -0.584. The molecule has 1 heterocycles. The first-order valence-electron chi connectivity index (χ1n) is 1.79. The maximum atomic E-state index is 3.78. The van der Waals surface area contributed by atoms with E-state index < -0.39 is 31.8 Å². The molecule has 0 spiro atoms. The molecule has 0 bridgehead atoms. The van der Waals surface area contributed by atoms with Crippen LogP contribution in [0.1, 0.15) is 0 Å². The van der Waals surface area contributed by atoms with E-state index in [1.54, 1.807) is 0 Å². The van der Waals surface area contributed by atoms with Gasteiger partial charge in [0, 0.05) is 0 Å². The summed E-state index contributed by atoms with van der Waals surface area (Å²) in [6.07, 6.45) is 0. The Labute approximate surface area is 59.8 Å². The van der Waals surface area contributed by atoms with Gasteiger partial charge in [-0.3, -0.25) is 0 Å². The van der Waals surface area contributed by atoms with Crippen LogP contribution in [0.4, 0.5) is 0 Å². The summed E-state index contributed by atoms with van der Waals surface area (Å²) in [4.78, 5) is 0. The summed E-state index contributed by atoms with van der Waals surface area (Å²) in [7, 11) is 0. The third-order valence-corrected chi connectivity index (χ3v) is 2.08. The first-order valence-corrected chi connectivity index (χ1v) is 5.54. The molecular weight excluding hydrogens is 225 g/mol. The van der Waals surface area contributed by atoms with Crippen LogP contribution in [0, 0.1) is 0 Å². The van der Waals surface area contributed by atoms with Crippen molar-refractivity contribution in [2.24, 2.45) is 15.8 Å². The van der Waals surface area contributed by atoms with Crippen molar-refractivity contribution in [1.29, 1.82) is 0 Å².